The first-order chi connectivity index (χ1) is 21.7. The predicted molar refractivity (Wildman–Crippen MR) is 181 cm³/mol. The summed E-state index contributed by atoms with van der Waals surface area (Å²) in [6.45, 7) is 11.2. The van der Waals surface area contributed by atoms with Gasteiger partial charge in [0, 0.05) is 67.6 Å². The van der Waals surface area contributed by atoms with Crippen LogP contribution in [0.25, 0.3) is 11.1 Å². The van der Waals surface area contributed by atoms with Crippen molar-refractivity contribution in [2.75, 3.05) is 25.1 Å². The highest BCUT2D eigenvalue weighted by Crippen LogP contribution is 2.33. The summed E-state index contributed by atoms with van der Waals surface area (Å²) in [5.74, 6) is 0.440. The maximum Gasteiger partial charge on any atom is 0.249 e. The molecule has 236 valence electrons. The standard InChI is InChI=1S/C37H45N5O3/c1-24-12-16-39-22-29(24)23-42(30-7-9-32(45-5)10-8-30)31-14-18-41(19-15-31)26(3)6-11-33-27(4)36(37(38)44)25(2)20-34(33)28-13-17-40-35(43)21-28/h7-10,12-13,16-17,20-22,26,31H,6,11,14-15,18-19,23H2,1-5H3,(H2,38,44)(H,40,43)/t26-/m1/s1. The molecule has 1 amide bonds. The van der Waals surface area contributed by atoms with Crippen molar-refractivity contribution in [2.24, 2.45) is 5.73 Å². The van der Waals surface area contributed by atoms with Gasteiger partial charge in [0.2, 0.25) is 11.5 Å². The monoisotopic (exact) mass is 607 g/mol. The van der Waals surface area contributed by atoms with Crippen LogP contribution >= 0.6 is 0 Å². The van der Waals surface area contributed by atoms with Gasteiger partial charge in [0.25, 0.3) is 0 Å². The number of aromatic amines is 1. The van der Waals surface area contributed by atoms with Crippen LogP contribution in [0.15, 0.2) is 71.9 Å². The Morgan fingerprint density at radius 1 is 1.09 bits per heavy atom. The molecule has 5 rings (SSSR count). The number of primary amides is 1. The molecule has 45 heavy (non-hydrogen) atoms. The van der Waals surface area contributed by atoms with Gasteiger partial charge in [-0.05, 0) is 129 Å². The van der Waals surface area contributed by atoms with Crippen LogP contribution in [-0.2, 0) is 13.0 Å². The zero-order chi connectivity index (χ0) is 32.1. The number of nitrogens with zero attached hydrogens (tertiary/aromatic N) is 3. The maximum atomic E-state index is 12.4. The van der Waals surface area contributed by atoms with Crippen molar-refractivity contribution in [3.63, 3.8) is 0 Å². The molecule has 2 aromatic carbocycles. The van der Waals surface area contributed by atoms with Crippen molar-refractivity contribution in [3.05, 3.63) is 111 Å². The Hall–Kier alpha value is -4.43. The van der Waals surface area contributed by atoms with Crippen molar-refractivity contribution in [1.29, 1.82) is 0 Å². The largest absolute Gasteiger partial charge is 0.497 e. The van der Waals surface area contributed by atoms with Crippen LogP contribution in [0.4, 0.5) is 5.69 Å². The number of piperidine rings is 1. The number of aromatic nitrogens is 2. The van der Waals surface area contributed by atoms with E-state index < -0.39 is 5.91 Å². The average Bonchev–Trinajstić information content (AvgIpc) is 3.03. The Morgan fingerprint density at radius 3 is 2.47 bits per heavy atom. The van der Waals surface area contributed by atoms with E-state index >= 15 is 0 Å². The minimum absolute atomic E-state index is 0.147. The number of amides is 1. The lowest BCUT2D eigenvalue weighted by Crippen LogP contribution is -2.47. The normalized spacial score (nSPS) is 14.7. The van der Waals surface area contributed by atoms with Crippen LogP contribution in [0.5, 0.6) is 5.75 Å². The third-order valence-corrected chi connectivity index (χ3v) is 9.51. The van der Waals surface area contributed by atoms with E-state index in [1.54, 1.807) is 19.4 Å². The topological polar surface area (TPSA) is 105 Å². The lowest BCUT2D eigenvalue weighted by atomic mass is 9.86. The molecule has 0 saturated carbocycles. The van der Waals surface area contributed by atoms with Gasteiger partial charge in [-0.25, -0.2) is 0 Å². The number of carbonyl (C=O) groups excluding carboxylic acids is 1. The fraction of sp³-hybridized carbons (Fsp3) is 0.378. The van der Waals surface area contributed by atoms with Gasteiger partial charge in [0.1, 0.15) is 5.75 Å². The first-order valence-corrected chi connectivity index (χ1v) is 15.8. The minimum atomic E-state index is -0.415. The molecule has 1 aliphatic heterocycles. The molecular formula is C37H45N5O3. The van der Waals surface area contributed by atoms with Gasteiger partial charge in [0.15, 0.2) is 0 Å². The van der Waals surface area contributed by atoms with Crippen LogP contribution < -0.4 is 20.9 Å². The van der Waals surface area contributed by atoms with Gasteiger partial charge in [-0.3, -0.25) is 14.6 Å². The third-order valence-electron chi connectivity index (χ3n) is 9.51. The number of anilines is 1. The van der Waals surface area contributed by atoms with Crippen molar-refractivity contribution in [3.8, 4) is 16.9 Å². The SMILES string of the molecule is COc1ccc(N(Cc2cnccc2C)C2CCN([C@H](C)CCc3c(-c4cc[nH]c(=O)c4)cc(C)c(C(N)=O)c3C)CC2)cc1. The molecule has 0 aliphatic carbocycles. The average molecular weight is 608 g/mol. The first kappa shape index (κ1) is 32.0. The van der Waals surface area contributed by atoms with Gasteiger partial charge in [-0.15, -0.1) is 0 Å². The van der Waals surface area contributed by atoms with Crippen LogP contribution in [0, 0.1) is 20.8 Å². The van der Waals surface area contributed by atoms with Crippen LogP contribution in [0.1, 0.15) is 64.4 Å². The van der Waals surface area contributed by atoms with E-state index in [9.17, 15) is 9.59 Å². The molecule has 0 bridgehead atoms. The molecule has 0 radical (unpaired) electrons. The van der Waals surface area contributed by atoms with Gasteiger partial charge in [0.05, 0.1) is 7.11 Å². The number of hydrogen-bond acceptors (Lipinski definition) is 6. The Kier molecular flexibility index (Phi) is 10.0. The van der Waals surface area contributed by atoms with E-state index in [0.717, 1.165) is 78.9 Å². The second kappa shape index (κ2) is 14.1. The fourth-order valence-corrected chi connectivity index (χ4v) is 6.82. The van der Waals surface area contributed by atoms with E-state index in [4.69, 9.17) is 10.5 Å². The molecule has 3 heterocycles. The summed E-state index contributed by atoms with van der Waals surface area (Å²) in [7, 11) is 1.70. The number of aryl methyl sites for hydroxylation is 2. The molecule has 8 heteroatoms. The zero-order valence-electron chi connectivity index (χ0n) is 27.1. The molecule has 2 aromatic heterocycles. The highest BCUT2D eigenvalue weighted by Gasteiger charge is 2.28. The third kappa shape index (κ3) is 7.28. The summed E-state index contributed by atoms with van der Waals surface area (Å²) in [6, 6.07) is 16.8. The van der Waals surface area contributed by atoms with Crippen LogP contribution in [-0.4, -0.2) is 53.1 Å². The summed E-state index contributed by atoms with van der Waals surface area (Å²) in [5.41, 5.74) is 14.6. The smallest absolute Gasteiger partial charge is 0.249 e. The summed E-state index contributed by atoms with van der Waals surface area (Å²) >= 11 is 0. The van der Waals surface area contributed by atoms with Gasteiger partial charge < -0.3 is 25.3 Å². The zero-order valence-corrected chi connectivity index (χ0v) is 27.1. The number of pyridine rings is 2. The summed E-state index contributed by atoms with van der Waals surface area (Å²) < 4.78 is 5.42. The Morgan fingerprint density at radius 2 is 1.82 bits per heavy atom. The highest BCUT2D eigenvalue weighted by atomic mass is 16.5. The number of likely N-dealkylation sites (tertiary alicyclic amines) is 1. The van der Waals surface area contributed by atoms with E-state index in [1.807, 2.05) is 50.5 Å². The van der Waals surface area contributed by atoms with Gasteiger partial charge in [-0.2, -0.15) is 0 Å². The lowest BCUT2D eigenvalue weighted by molar-refractivity contribution is 0.0999. The summed E-state index contributed by atoms with van der Waals surface area (Å²) in [4.78, 5) is 36.8. The first-order valence-electron chi connectivity index (χ1n) is 15.8. The molecule has 1 atom stereocenters. The summed E-state index contributed by atoms with van der Waals surface area (Å²) in [5, 5.41) is 0. The second-order valence-electron chi connectivity index (χ2n) is 12.3. The molecule has 3 N–H and O–H groups in total. The molecular weight excluding hydrogens is 562 g/mol. The van der Waals surface area contributed by atoms with Gasteiger partial charge >= 0.3 is 0 Å². The highest BCUT2D eigenvalue weighted by molar-refractivity contribution is 5.97. The number of methoxy groups -OCH3 is 1. The van der Waals surface area contributed by atoms with Gasteiger partial charge in [-0.1, -0.05) is 6.07 Å². The molecule has 1 saturated heterocycles. The van der Waals surface area contributed by atoms with Crippen LogP contribution in [0.2, 0.25) is 0 Å². The van der Waals surface area contributed by atoms with E-state index in [0.29, 0.717) is 17.6 Å². The van der Waals surface area contributed by atoms with E-state index in [2.05, 4.69) is 51.8 Å². The molecule has 1 aliphatic rings. The molecule has 4 aromatic rings. The molecule has 8 nitrogen and oxygen atoms in total. The Balaban J connectivity index is 1.31. The fourth-order valence-electron chi connectivity index (χ4n) is 6.82. The second-order valence-corrected chi connectivity index (χ2v) is 12.3. The number of benzene rings is 2. The summed E-state index contributed by atoms with van der Waals surface area (Å²) in [6.07, 6.45) is 9.34. The van der Waals surface area contributed by atoms with Crippen molar-refractivity contribution >= 4 is 11.6 Å². The number of nitrogens with one attached hydrogen (secondary N) is 1. The maximum absolute atomic E-state index is 12.4. The van der Waals surface area contributed by atoms with E-state index in [1.165, 1.54) is 16.8 Å². The van der Waals surface area contributed by atoms with E-state index in [-0.39, 0.29) is 5.56 Å². The quantitative estimate of drug-likeness (QED) is 0.218. The number of H-pyrrole nitrogens is 1. The van der Waals surface area contributed by atoms with Crippen molar-refractivity contribution < 1.29 is 9.53 Å². The number of nitrogens with two attached hydrogens (primary N) is 1. The minimum Gasteiger partial charge on any atom is -0.497 e. The lowest BCUT2D eigenvalue weighted by Gasteiger charge is -2.42. The molecule has 1 fully saturated rings. The number of hydrogen-bond donors (Lipinski definition) is 2. The Labute approximate surface area is 266 Å². The Bertz CT molecular complexity index is 1690. The van der Waals surface area contributed by atoms with Crippen molar-refractivity contribution in [1.82, 2.24) is 14.9 Å². The number of carbonyl (C=O) groups is 1. The molecule has 0 unspecified atom stereocenters. The van der Waals surface area contributed by atoms with Crippen molar-refractivity contribution in [2.45, 2.75) is 72.0 Å². The van der Waals surface area contributed by atoms with Crippen LogP contribution in [0.3, 0.4) is 0 Å². The molecule has 0 spiro atoms. The predicted octanol–water partition coefficient (Wildman–Crippen LogP) is 5.96. The number of ether oxygens (including phenoxy) is 1. The number of rotatable bonds is 11.